The van der Waals surface area contributed by atoms with Gasteiger partial charge in [-0.1, -0.05) is 78.4 Å². The zero-order chi connectivity index (χ0) is 29.3. The summed E-state index contributed by atoms with van der Waals surface area (Å²) in [5.41, 5.74) is 5.56. The molecule has 0 saturated carbocycles. The minimum absolute atomic E-state index is 0.331. The van der Waals surface area contributed by atoms with Gasteiger partial charge >= 0.3 is 5.97 Å². The number of hydrogen-bond acceptors (Lipinski definition) is 6. The largest absolute Gasteiger partial charge is 0.489 e. The molecule has 42 heavy (non-hydrogen) atoms. The predicted octanol–water partition coefficient (Wildman–Crippen LogP) is 6.86. The van der Waals surface area contributed by atoms with E-state index in [9.17, 15) is 9.59 Å². The third kappa shape index (κ3) is 7.20. The molecule has 210 valence electrons. The average molecular weight is 559 g/mol. The Hall–Kier alpha value is -5.43. The van der Waals surface area contributed by atoms with Crippen molar-refractivity contribution in [3.8, 4) is 17.2 Å². The Balaban J connectivity index is 1.23. The average Bonchev–Trinajstić information content (AvgIpc) is 3.02. The smallest absolute Gasteiger partial charge is 0.343 e. The molecule has 0 aliphatic carbocycles. The van der Waals surface area contributed by atoms with Crippen molar-refractivity contribution in [1.82, 2.24) is 5.43 Å². The van der Waals surface area contributed by atoms with Gasteiger partial charge in [-0.05, 0) is 72.6 Å². The highest BCUT2D eigenvalue weighted by Crippen LogP contribution is 2.27. The number of carbonyl (C=O) groups is 2. The van der Waals surface area contributed by atoms with E-state index >= 15 is 0 Å². The number of nitrogens with zero attached hydrogens (tertiary/aromatic N) is 1. The molecule has 5 aromatic rings. The van der Waals surface area contributed by atoms with Crippen LogP contribution < -0.4 is 19.6 Å². The van der Waals surface area contributed by atoms with Crippen LogP contribution in [0.3, 0.4) is 0 Å². The fourth-order valence-electron chi connectivity index (χ4n) is 4.29. The molecule has 0 saturated heterocycles. The first kappa shape index (κ1) is 28.1. The summed E-state index contributed by atoms with van der Waals surface area (Å²) >= 11 is 0. The first-order chi connectivity index (χ1) is 20.5. The van der Waals surface area contributed by atoms with E-state index in [0.29, 0.717) is 35.0 Å². The Kier molecular flexibility index (Phi) is 8.89. The van der Waals surface area contributed by atoms with Gasteiger partial charge in [0.15, 0.2) is 6.10 Å². The normalized spacial score (nSPS) is 11.7. The maximum atomic E-state index is 12.9. The Morgan fingerprint density at radius 1 is 0.833 bits per heavy atom. The maximum Gasteiger partial charge on any atom is 0.343 e. The van der Waals surface area contributed by atoms with E-state index < -0.39 is 18.0 Å². The Labute approximate surface area is 244 Å². The molecule has 5 aromatic carbocycles. The summed E-state index contributed by atoms with van der Waals surface area (Å²) in [4.78, 5) is 25.6. The van der Waals surface area contributed by atoms with Crippen molar-refractivity contribution in [3.05, 3.63) is 138 Å². The van der Waals surface area contributed by atoms with Gasteiger partial charge in [-0.2, -0.15) is 5.10 Å². The van der Waals surface area contributed by atoms with Crippen LogP contribution in [0.15, 0.2) is 120 Å². The molecule has 0 radical (unpaired) electrons. The van der Waals surface area contributed by atoms with Crippen LogP contribution in [-0.2, 0) is 11.4 Å². The van der Waals surface area contributed by atoms with Crippen LogP contribution in [0.1, 0.15) is 34.0 Å². The lowest BCUT2D eigenvalue weighted by atomic mass is 10.0. The number of ether oxygens (including phenoxy) is 3. The van der Waals surface area contributed by atoms with Crippen LogP contribution in [0.4, 0.5) is 0 Å². The number of esters is 1. The van der Waals surface area contributed by atoms with Crippen LogP contribution in [0.2, 0.25) is 0 Å². The number of hydrazone groups is 1. The van der Waals surface area contributed by atoms with Crippen LogP contribution in [0.5, 0.6) is 17.2 Å². The molecule has 0 aliphatic heterocycles. The van der Waals surface area contributed by atoms with Gasteiger partial charge in [-0.3, -0.25) is 4.79 Å². The highest BCUT2D eigenvalue weighted by molar-refractivity contribution is 6.04. The van der Waals surface area contributed by atoms with Gasteiger partial charge in [0.05, 0.1) is 11.8 Å². The first-order valence-corrected chi connectivity index (χ1v) is 13.5. The number of benzene rings is 5. The Morgan fingerprint density at radius 2 is 1.57 bits per heavy atom. The molecule has 0 fully saturated rings. The van der Waals surface area contributed by atoms with Gasteiger partial charge in [-0.25, -0.2) is 10.2 Å². The lowest BCUT2D eigenvalue weighted by Gasteiger charge is -2.14. The Bertz CT molecular complexity index is 1720. The summed E-state index contributed by atoms with van der Waals surface area (Å²) in [6.07, 6.45) is 0.661. The number of carbonyl (C=O) groups excluding carboxylic acids is 2. The summed E-state index contributed by atoms with van der Waals surface area (Å²) < 4.78 is 17.3. The van der Waals surface area contributed by atoms with E-state index in [0.717, 1.165) is 21.9 Å². The third-order valence-corrected chi connectivity index (χ3v) is 6.51. The van der Waals surface area contributed by atoms with Crippen molar-refractivity contribution in [2.24, 2.45) is 5.10 Å². The monoisotopic (exact) mass is 558 g/mol. The van der Waals surface area contributed by atoms with Crippen molar-refractivity contribution < 1.29 is 23.8 Å². The van der Waals surface area contributed by atoms with Gasteiger partial charge < -0.3 is 14.2 Å². The second kappa shape index (κ2) is 13.3. The minimum Gasteiger partial charge on any atom is -0.489 e. The minimum atomic E-state index is -0.815. The van der Waals surface area contributed by atoms with Gasteiger partial charge in [0.2, 0.25) is 0 Å². The van der Waals surface area contributed by atoms with Crippen molar-refractivity contribution in [2.45, 2.75) is 26.6 Å². The van der Waals surface area contributed by atoms with Crippen molar-refractivity contribution in [1.29, 1.82) is 0 Å². The van der Waals surface area contributed by atoms with Gasteiger partial charge in [0.1, 0.15) is 23.9 Å². The van der Waals surface area contributed by atoms with Crippen LogP contribution in [-0.4, -0.2) is 24.2 Å². The lowest BCUT2D eigenvalue weighted by molar-refractivity contribution is -0.127. The first-order valence-electron chi connectivity index (χ1n) is 13.5. The third-order valence-electron chi connectivity index (χ3n) is 6.51. The van der Waals surface area contributed by atoms with Gasteiger partial charge in [0.25, 0.3) is 5.91 Å². The molecule has 7 heteroatoms. The van der Waals surface area contributed by atoms with E-state index in [-0.39, 0.29) is 0 Å². The molecule has 1 amide bonds. The number of nitrogens with one attached hydrogen (secondary N) is 1. The molecular weight excluding hydrogens is 528 g/mol. The fraction of sp³-hybridized carbons (Fsp3) is 0.114. The summed E-state index contributed by atoms with van der Waals surface area (Å²) in [6.45, 7) is 4.01. The van der Waals surface area contributed by atoms with Crippen molar-refractivity contribution in [2.75, 3.05) is 0 Å². The molecule has 1 N–H and O–H groups in total. The van der Waals surface area contributed by atoms with Crippen LogP contribution in [0.25, 0.3) is 10.8 Å². The maximum absolute atomic E-state index is 12.9. The summed E-state index contributed by atoms with van der Waals surface area (Å²) in [6, 6.07) is 35.4. The predicted molar refractivity (Wildman–Crippen MR) is 163 cm³/mol. The second-order valence-electron chi connectivity index (χ2n) is 9.70. The van der Waals surface area contributed by atoms with Gasteiger partial charge in [0, 0.05) is 5.56 Å². The zero-order valence-electron chi connectivity index (χ0n) is 23.3. The second-order valence-corrected chi connectivity index (χ2v) is 9.70. The van der Waals surface area contributed by atoms with E-state index in [1.807, 2.05) is 79.7 Å². The lowest BCUT2D eigenvalue weighted by Crippen LogP contribution is -2.33. The zero-order valence-corrected chi connectivity index (χ0v) is 23.3. The molecule has 0 unspecified atom stereocenters. The van der Waals surface area contributed by atoms with E-state index in [2.05, 4.69) is 10.5 Å². The van der Waals surface area contributed by atoms with E-state index in [1.165, 1.54) is 6.21 Å². The molecule has 0 aliphatic rings. The molecular formula is C35H30N2O5. The SMILES string of the molecule is Cc1cccc(C(=O)Oc2ccc3ccccc3c2/C=N\NC(=O)[C@H](C)Oc2ccc(OCc3ccccc3)cc2)c1. The summed E-state index contributed by atoms with van der Waals surface area (Å²) in [7, 11) is 0. The van der Waals surface area contributed by atoms with Crippen molar-refractivity contribution in [3.63, 3.8) is 0 Å². The quantitative estimate of drug-likeness (QED) is 0.0876. The van der Waals surface area contributed by atoms with Gasteiger partial charge in [-0.15, -0.1) is 0 Å². The number of amides is 1. The summed E-state index contributed by atoms with van der Waals surface area (Å²) in [5.74, 6) is 0.632. The highest BCUT2D eigenvalue weighted by atomic mass is 16.5. The van der Waals surface area contributed by atoms with Crippen molar-refractivity contribution >= 4 is 28.9 Å². The molecule has 0 aromatic heterocycles. The molecule has 0 spiro atoms. The molecule has 1 atom stereocenters. The number of fused-ring (bicyclic) bond motifs is 1. The number of hydrogen-bond donors (Lipinski definition) is 1. The highest BCUT2D eigenvalue weighted by Gasteiger charge is 2.16. The number of rotatable bonds is 10. The van der Waals surface area contributed by atoms with E-state index in [1.54, 1.807) is 49.4 Å². The molecule has 0 heterocycles. The Morgan fingerprint density at radius 3 is 2.36 bits per heavy atom. The topological polar surface area (TPSA) is 86.2 Å². The fourth-order valence-corrected chi connectivity index (χ4v) is 4.29. The molecule has 7 nitrogen and oxygen atoms in total. The standard InChI is InChI=1S/C35H30N2O5/c1-24-9-8-13-28(21-24)35(39)42-33-20-15-27-12-6-7-14-31(27)32(33)22-36-37-34(38)25(2)41-30-18-16-29(17-19-30)40-23-26-10-4-3-5-11-26/h3-22,25H,23H2,1-2H3,(H,37,38)/b36-22-/t25-/m0/s1. The summed E-state index contributed by atoms with van der Waals surface area (Å²) in [5, 5.41) is 5.92. The number of aryl methyl sites for hydroxylation is 1. The molecule has 5 rings (SSSR count). The van der Waals surface area contributed by atoms with Crippen LogP contribution >= 0.6 is 0 Å². The molecule has 0 bridgehead atoms. The van der Waals surface area contributed by atoms with Crippen LogP contribution in [0, 0.1) is 6.92 Å². The van der Waals surface area contributed by atoms with E-state index in [4.69, 9.17) is 14.2 Å².